The Balaban J connectivity index is 2.66. The lowest BCUT2D eigenvalue weighted by Crippen LogP contribution is -2.60. The maximum atomic E-state index is 14.6. The molecule has 2 aromatic rings. The van der Waals surface area contributed by atoms with E-state index in [0.29, 0.717) is 12.0 Å². The van der Waals surface area contributed by atoms with E-state index in [2.05, 4.69) is 10.6 Å². The van der Waals surface area contributed by atoms with Crippen LogP contribution >= 0.6 is 0 Å². The number of rotatable bonds is 11. The molecule has 0 aliphatic rings. The lowest BCUT2D eigenvalue weighted by atomic mass is 9.89. The molecule has 0 aromatic heterocycles. The SMILES string of the molecule is CCC(C)(C)N(C(=O)C(C)NC(=O)OC(C)(C)C)C(C(=O)NC(Cc1ccccc1)C(=O)OC(C)(C)C)c1ccc(C)cc1C. The minimum Gasteiger partial charge on any atom is -0.458 e. The lowest BCUT2D eigenvalue weighted by molar-refractivity contribution is -0.159. The van der Waals surface area contributed by atoms with Gasteiger partial charge >= 0.3 is 12.1 Å². The fourth-order valence-corrected chi connectivity index (χ4v) is 4.90. The summed E-state index contributed by atoms with van der Waals surface area (Å²) in [7, 11) is 0. The number of alkyl carbamates (subject to hydrolysis) is 1. The number of nitrogens with one attached hydrogen (secondary N) is 2. The maximum Gasteiger partial charge on any atom is 0.408 e. The Morgan fingerprint density at radius 1 is 0.822 bits per heavy atom. The van der Waals surface area contributed by atoms with Gasteiger partial charge in [0, 0.05) is 12.0 Å². The second kappa shape index (κ2) is 14.9. The molecule has 3 amide bonds. The Morgan fingerprint density at radius 2 is 1.40 bits per heavy atom. The highest BCUT2D eigenvalue weighted by atomic mass is 16.6. The van der Waals surface area contributed by atoms with Crippen molar-refractivity contribution in [3.05, 3.63) is 70.8 Å². The van der Waals surface area contributed by atoms with Gasteiger partial charge < -0.3 is 25.0 Å². The third kappa shape index (κ3) is 11.2. The summed E-state index contributed by atoms with van der Waals surface area (Å²) in [6.45, 7) is 21.6. The van der Waals surface area contributed by atoms with Crippen LogP contribution in [-0.4, -0.2) is 57.6 Å². The molecule has 0 heterocycles. The molecule has 9 nitrogen and oxygen atoms in total. The molecule has 0 bridgehead atoms. The Bertz CT molecular complexity index is 1340. The highest BCUT2D eigenvalue weighted by molar-refractivity contribution is 5.94. The summed E-state index contributed by atoms with van der Waals surface area (Å²) in [5.41, 5.74) is 0.892. The summed E-state index contributed by atoms with van der Waals surface area (Å²) < 4.78 is 11.1. The van der Waals surface area contributed by atoms with E-state index in [1.54, 1.807) is 48.5 Å². The van der Waals surface area contributed by atoms with Crippen molar-refractivity contribution in [1.82, 2.24) is 15.5 Å². The molecular formula is C36H53N3O6. The highest BCUT2D eigenvalue weighted by Gasteiger charge is 2.43. The zero-order chi connectivity index (χ0) is 34.3. The quantitative estimate of drug-likeness (QED) is 0.282. The van der Waals surface area contributed by atoms with Crippen LogP contribution in [0.2, 0.25) is 0 Å². The molecule has 0 aliphatic heterocycles. The van der Waals surface area contributed by atoms with Crippen molar-refractivity contribution >= 4 is 23.9 Å². The number of carbonyl (C=O) groups is 4. The number of hydrogen-bond acceptors (Lipinski definition) is 6. The Hall–Kier alpha value is -3.88. The predicted molar refractivity (Wildman–Crippen MR) is 177 cm³/mol. The fraction of sp³-hybridized carbons (Fsp3) is 0.556. The van der Waals surface area contributed by atoms with Crippen LogP contribution in [0, 0.1) is 13.8 Å². The third-order valence-electron chi connectivity index (χ3n) is 7.38. The van der Waals surface area contributed by atoms with Gasteiger partial charge in [-0.25, -0.2) is 9.59 Å². The van der Waals surface area contributed by atoms with E-state index in [0.717, 1.165) is 16.7 Å². The molecule has 9 heteroatoms. The lowest BCUT2D eigenvalue weighted by Gasteiger charge is -2.45. The Kier molecular flexibility index (Phi) is 12.4. The van der Waals surface area contributed by atoms with Gasteiger partial charge in [-0.1, -0.05) is 61.0 Å². The number of amides is 3. The zero-order valence-electron chi connectivity index (χ0n) is 29.2. The average molecular weight is 624 g/mol. The van der Waals surface area contributed by atoms with Crippen LogP contribution < -0.4 is 10.6 Å². The first kappa shape index (κ1) is 37.3. The van der Waals surface area contributed by atoms with E-state index < -0.39 is 58.7 Å². The molecule has 0 aliphatic carbocycles. The molecular weight excluding hydrogens is 570 g/mol. The van der Waals surface area contributed by atoms with Crippen LogP contribution in [-0.2, 0) is 30.3 Å². The standard InChI is InChI=1S/C36H53N3O6/c1-13-36(11,12)39(31(41)25(4)37-33(43)45-35(8,9)10)29(27-20-19-23(2)21-24(27)3)30(40)38-28(32(42)44-34(5,6)7)22-26-17-15-14-16-18-26/h14-21,25,28-29H,13,22H2,1-12H3,(H,37,43)(H,38,40). The highest BCUT2D eigenvalue weighted by Crippen LogP contribution is 2.34. The van der Waals surface area contributed by atoms with E-state index >= 15 is 0 Å². The smallest absolute Gasteiger partial charge is 0.408 e. The first-order valence-corrected chi connectivity index (χ1v) is 15.6. The van der Waals surface area contributed by atoms with E-state index in [4.69, 9.17) is 9.47 Å². The van der Waals surface area contributed by atoms with Gasteiger partial charge in [0.25, 0.3) is 0 Å². The number of hydrogen-bond donors (Lipinski definition) is 2. The van der Waals surface area contributed by atoms with Crippen LogP contribution in [0.25, 0.3) is 0 Å². The summed E-state index contributed by atoms with van der Waals surface area (Å²) in [5.74, 6) is -1.58. The van der Waals surface area contributed by atoms with Crippen LogP contribution in [0.5, 0.6) is 0 Å². The van der Waals surface area contributed by atoms with Crippen molar-refractivity contribution in [3.8, 4) is 0 Å². The first-order chi connectivity index (χ1) is 20.6. The number of nitrogens with zero attached hydrogens (tertiary/aromatic N) is 1. The van der Waals surface area contributed by atoms with Crippen LogP contribution in [0.15, 0.2) is 48.5 Å². The minimum absolute atomic E-state index is 0.197. The Labute approximate surface area is 269 Å². The largest absolute Gasteiger partial charge is 0.458 e. The molecule has 248 valence electrons. The van der Waals surface area contributed by atoms with E-state index in [9.17, 15) is 19.2 Å². The summed E-state index contributed by atoms with van der Waals surface area (Å²) in [6, 6.07) is 11.9. The summed E-state index contributed by atoms with van der Waals surface area (Å²) >= 11 is 0. The van der Waals surface area contributed by atoms with E-state index in [1.807, 2.05) is 83.1 Å². The number of benzene rings is 2. The summed E-state index contributed by atoms with van der Waals surface area (Å²) in [6.07, 6.45) is -0.0347. The van der Waals surface area contributed by atoms with Gasteiger partial charge in [0.05, 0.1) is 0 Å². The zero-order valence-corrected chi connectivity index (χ0v) is 29.2. The van der Waals surface area contributed by atoms with Gasteiger partial charge in [-0.15, -0.1) is 0 Å². The van der Waals surface area contributed by atoms with Gasteiger partial charge in [-0.2, -0.15) is 0 Å². The molecule has 2 aromatic carbocycles. The van der Waals surface area contributed by atoms with E-state index in [1.165, 1.54) is 4.90 Å². The summed E-state index contributed by atoms with van der Waals surface area (Å²) in [5, 5.41) is 5.59. The van der Waals surface area contributed by atoms with Crippen molar-refractivity contribution in [2.45, 2.75) is 131 Å². The van der Waals surface area contributed by atoms with Gasteiger partial charge in [0.1, 0.15) is 29.3 Å². The number of aryl methyl sites for hydroxylation is 2. The van der Waals surface area contributed by atoms with Crippen LogP contribution in [0.1, 0.15) is 104 Å². The normalized spacial score (nSPS) is 14.0. The van der Waals surface area contributed by atoms with Gasteiger partial charge in [0.2, 0.25) is 11.8 Å². The molecule has 0 spiro atoms. The Morgan fingerprint density at radius 3 is 1.91 bits per heavy atom. The van der Waals surface area contributed by atoms with E-state index in [-0.39, 0.29) is 6.42 Å². The first-order valence-electron chi connectivity index (χ1n) is 15.6. The van der Waals surface area contributed by atoms with Crippen molar-refractivity contribution < 1.29 is 28.7 Å². The second-order valence-electron chi connectivity index (χ2n) is 14.3. The number of esters is 1. The van der Waals surface area contributed by atoms with Crippen molar-refractivity contribution in [3.63, 3.8) is 0 Å². The van der Waals surface area contributed by atoms with Crippen molar-refractivity contribution in [2.24, 2.45) is 0 Å². The van der Waals surface area contributed by atoms with Crippen LogP contribution in [0.3, 0.4) is 0 Å². The second-order valence-corrected chi connectivity index (χ2v) is 14.3. The molecule has 0 saturated heterocycles. The third-order valence-corrected chi connectivity index (χ3v) is 7.38. The monoisotopic (exact) mass is 623 g/mol. The van der Waals surface area contributed by atoms with Crippen molar-refractivity contribution in [2.75, 3.05) is 0 Å². The summed E-state index contributed by atoms with van der Waals surface area (Å²) in [4.78, 5) is 56.6. The molecule has 45 heavy (non-hydrogen) atoms. The molecule has 2 rings (SSSR count). The maximum absolute atomic E-state index is 14.6. The molecule has 3 atom stereocenters. The average Bonchev–Trinajstić information content (AvgIpc) is 2.89. The predicted octanol–water partition coefficient (Wildman–Crippen LogP) is 6.34. The van der Waals surface area contributed by atoms with Gasteiger partial charge in [0.15, 0.2) is 0 Å². The topological polar surface area (TPSA) is 114 Å². The van der Waals surface area contributed by atoms with Gasteiger partial charge in [-0.05, 0) is 99.3 Å². The number of carbonyl (C=O) groups excluding carboxylic acids is 4. The molecule has 2 N–H and O–H groups in total. The van der Waals surface area contributed by atoms with Gasteiger partial charge in [-0.3, -0.25) is 9.59 Å². The number of ether oxygens (including phenoxy) is 2. The molecule has 3 unspecified atom stereocenters. The van der Waals surface area contributed by atoms with Crippen molar-refractivity contribution in [1.29, 1.82) is 0 Å². The molecule has 0 radical (unpaired) electrons. The molecule has 0 fully saturated rings. The minimum atomic E-state index is -1.13. The fourth-order valence-electron chi connectivity index (χ4n) is 4.90. The van der Waals surface area contributed by atoms with Crippen LogP contribution in [0.4, 0.5) is 4.79 Å². The molecule has 0 saturated carbocycles.